The van der Waals surface area contributed by atoms with Gasteiger partial charge in [-0.25, -0.2) is 20.8 Å². The van der Waals surface area contributed by atoms with Crippen molar-refractivity contribution in [2.24, 2.45) is 5.84 Å². The van der Waals surface area contributed by atoms with Gasteiger partial charge in [-0.2, -0.15) is 0 Å². The molecule has 0 bridgehead atoms. The molecule has 7 nitrogen and oxygen atoms in total. The van der Waals surface area contributed by atoms with E-state index in [-0.39, 0.29) is 0 Å². The molecule has 0 saturated carbocycles. The largest absolute Gasteiger partial charge is 0.376 e. The van der Waals surface area contributed by atoms with E-state index < -0.39 is 0 Å². The summed E-state index contributed by atoms with van der Waals surface area (Å²) in [4.78, 5) is 17.0. The molecule has 2 aromatic rings. The van der Waals surface area contributed by atoms with Gasteiger partial charge < -0.3 is 10.2 Å². The molecule has 0 spiro atoms. The molecule has 1 aliphatic rings. The van der Waals surface area contributed by atoms with E-state index >= 15 is 0 Å². The minimum absolute atomic E-state index is 0.482. The molecule has 2 aromatic heterocycles. The third kappa shape index (κ3) is 1.89. The quantitative estimate of drug-likeness (QED) is 0.578. The number of nitrogens with two attached hydrogens (primary N) is 1. The van der Waals surface area contributed by atoms with E-state index in [1.54, 1.807) is 18.6 Å². The summed E-state index contributed by atoms with van der Waals surface area (Å²) in [6.07, 6.45) is 5.59. The molecule has 0 radical (unpaired) electrons. The molecule has 0 amide bonds. The number of rotatable bonds is 2. The lowest BCUT2D eigenvalue weighted by molar-refractivity contribution is 0.109. The first-order valence-electron chi connectivity index (χ1n) is 5.59. The fourth-order valence-corrected chi connectivity index (χ4v) is 1.88. The molecule has 3 N–H and O–H groups in total. The van der Waals surface area contributed by atoms with Gasteiger partial charge in [0.15, 0.2) is 5.82 Å². The molecule has 0 fully saturated rings. The highest BCUT2D eigenvalue weighted by atomic mass is 16.5. The van der Waals surface area contributed by atoms with Gasteiger partial charge in [0.05, 0.1) is 25.1 Å². The van der Waals surface area contributed by atoms with Crippen LogP contribution in [0.1, 0.15) is 11.3 Å². The van der Waals surface area contributed by atoms with Gasteiger partial charge in [-0.15, -0.1) is 0 Å². The number of nitrogen functional groups attached to an aromatic ring is 1. The maximum absolute atomic E-state index is 5.49. The van der Waals surface area contributed by atoms with E-state index in [1.165, 1.54) is 0 Å². The predicted octanol–water partition coefficient (Wildman–Crippen LogP) is 0.292. The average Bonchev–Trinajstić information content (AvgIpc) is 2.47. The fourth-order valence-electron chi connectivity index (χ4n) is 1.88. The first-order chi connectivity index (χ1) is 8.88. The number of anilines is 1. The van der Waals surface area contributed by atoms with Crippen LogP contribution in [0.3, 0.4) is 0 Å². The van der Waals surface area contributed by atoms with E-state index in [1.807, 2.05) is 0 Å². The Morgan fingerprint density at radius 1 is 1.28 bits per heavy atom. The molecule has 18 heavy (non-hydrogen) atoms. The Bertz CT molecular complexity index is 542. The van der Waals surface area contributed by atoms with E-state index in [2.05, 4.69) is 25.4 Å². The highest BCUT2D eigenvalue weighted by Gasteiger charge is 2.18. The lowest BCUT2D eigenvalue weighted by Crippen LogP contribution is -2.19. The number of aromatic nitrogens is 4. The Morgan fingerprint density at radius 2 is 2.22 bits per heavy atom. The standard InChI is InChI=1S/C11H12N6O/c12-17-10-7-6-18-4-1-8(7)15-11(16-10)9-5-13-2-3-14-9/h2-3,5H,1,4,6,12H2,(H,15,16,17). The molecule has 0 aromatic carbocycles. The number of hydrazine groups is 1. The predicted molar refractivity (Wildman–Crippen MR) is 64.2 cm³/mol. The average molecular weight is 244 g/mol. The van der Waals surface area contributed by atoms with Crippen LogP contribution in [0.15, 0.2) is 18.6 Å². The third-order valence-electron chi connectivity index (χ3n) is 2.75. The van der Waals surface area contributed by atoms with E-state index in [4.69, 9.17) is 10.6 Å². The van der Waals surface area contributed by atoms with Crippen LogP contribution in [0.5, 0.6) is 0 Å². The molecule has 3 heterocycles. The maximum Gasteiger partial charge on any atom is 0.182 e. The van der Waals surface area contributed by atoms with Gasteiger partial charge in [0.1, 0.15) is 11.5 Å². The smallest absolute Gasteiger partial charge is 0.182 e. The Balaban J connectivity index is 2.12. The zero-order valence-corrected chi connectivity index (χ0v) is 9.63. The minimum atomic E-state index is 0.482. The van der Waals surface area contributed by atoms with Gasteiger partial charge in [0, 0.05) is 24.4 Å². The first-order valence-corrected chi connectivity index (χ1v) is 5.59. The molecule has 1 aliphatic heterocycles. The minimum Gasteiger partial charge on any atom is -0.376 e. The summed E-state index contributed by atoms with van der Waals surface area (Å²) >= 11 is 0. The van der Waals surface area contributed by atoms with Gasteiger partial charge in [-0.1, -0.05) is 0 Å². The Morgan fingerprint density at radius 3 is 3.00 bits per heavy atom. The molecule has 0 saturated heterocycles. The van der Waals surface area contributed by atoms with Crippen molar-refractivity contribution in [2.45, 2.75) is 13.0 Å². The van der Waals surface area contributed by atoms with Crippen molar-refractivity contribution in [3.05, 3.63) is 29.8 Å². The van der Waals surface area contributed by atoms with Gasteiger partial charge in [-0.05, 0) is 0 Å². The van der Waals surface area contributed by atoms with Gasteiger partial charge >= 0.3 is 0 Å². The summed E-state index contributed by atoms with van der Waals surface area (Å²) in [6, 6.07) is 0. The number of nitrogens with zero attached hydrogens (tertiary/aromatic N) is 4. The Labute approximate surface area is 103 Å². The monoisotopic (exact) mass is 244 g/mol. The third-order valence-corrected chi connectivity index (χ3v) is 2.75. The van der Waals surface area contributed by atoms with Gasteiger partial charge in [0.2, 0.25) is 0 Å². The van der Waals surface area contributed by atoms with Gasteiger partial charge in [-0.3, -0.25) is 4.98 Å². The Hall–Kier alpha value is -2.12. The van der Waals surface area contributed by atoms with Crippen LogP contribution in [0.2, 0.25) is 0 Å². The van der Waals surface area contributed by atoms with E-state index in [0.717, 1.165) is 17.7 Å². The second-order valence-corrected chi connectivity index (χ2v) is 3.86. The van der Waals surface area contributed by atoms with Crippen molar-refractivity contribution in [2.75, 3.05) is 12.0 Å². The SMILES string of the molecule is NNc1nc(-c2cnccn2)nc2c1COCC2. The van der Waals surface area contributed by atoms with Crippen LogP contribution in [0.4, 0.5) is 5.82 Å². The van der Waals surface area contributed by atoms with Crippen LogP contribution in [0.25, 0.3) is 11.5 Å². The summed E-state index contributed by atoms with van der Waals surface area (Å²) in [5.74, 6) is 6.60. The maximum atomic E-state index is 5.49. The van der Waals surface area contributed by atoms with Gasteiger partial charge in [0.25, 0.3) is 0 Å². The molecule has 3 rings (SSSR count). The molecular formula is C11H12N6O. The number of hydrogen-bond donors (Lipinski definition) is 2. The molecule has 0 atom stereocenters. The number of nitrogens with one attached hydrogen (secondary N) is 1. The summed E-state index contributed by atoms with van der Waals surface area (Å²) in [7, 11) is 0. The van der Waals surface area contributed by atoms with Crippen molar-refractivity contribution in [1.82, 2.24) is 19.9 Å². The van der Waals surface area contributed by atoms with Crippen molar-refractivity contribution in [3.8, 4) is 11.5 Å². The van der Waals surface area contributed by atoms with E-state index in [0.29, 0.717) is 30.5 Å². The number of hydrogen-bond acceptors (Lipinski definition) is 7. The zero-order chi connectivity index (χ0) is 12.4. The topological polar surface area (TPSA) is 98.8 Å². The second-order valence-electron chi connectivity index (χ2n) is 3.86. The van der Waals surface area contributed by atoms with Crippen molar-refractivity contribution in [1.29, 1.82) is 0 Å². The van der Waals surface area contributed by atoms with Crippen LogP contribution in [0, 0.1) is 0 Å². The van der Waals surface area contributed by atoms with Crippen molar-refractivity contribution in [3.63, 3.8) is 0 Å². The molecule has 92 valence electrons. The van der Waals surface area contributed by atoms with Crippen molar-refractivity contribution >= 4 is 5.82 Å². The second kappa shape index (κ2) is 4.63. The molecule has 7 heteroatoms. The lowest BCUT2D eigenvalue weighted by Gasteiger charge is -2.18. The fraction of sp³-hybridized carbons (Fsp3) is 0.273. The summed E-state index contributed by atoms with van der Waals surface area (Å²) < 4.78 is 5.38. The molecule has 0 unspecified atom stereocenters. The molecule has 0 aliphatic carbocycles. The van der Waals surface area contributed by atoms with Crippen LogP contribution in [-0.2, 0) is 17.8 Å². The zero-order valence-electron chi connectivity index (χ0n) is 9.63. The van der Waals surface area contributed by atoms with Crippen LogP contribution in [-0.4, -0.2) is 26.5 Å². The van der Waals surface area contributed by atoms with Crippen LogP contribution >= 0.6 is 0 Å². The lowest BCUT2D eigenvalue weighted by atomic mass is 10.1. The normalized spacial score (nSPS) is 14.1. The summed E-state index contributed by atoms with van der Waals surface area (Å²) in [5.41, 5.74) is 5.08. The number of ether oxygens (including phenoxy) is 1. The Kier molecular flexibility index (Phi) is 2.83. The van der Waals surface area contributed by atoms with Crippen molar-refractivity contribution < 1.29 is 4.74 Å². The number of fused-ring (bicyclic) bond motifs is 1. The highest BCUT2D eigenvalue weighted by molar-refractivity contribution is 5.55. The van der Waals surface area contributed by atoms with E-state index in [9.17, 15) is 0 Å². The van der Waals surface area contributed by atoms with Crippen LogP contribution < -0.4 is 11.3 Å². The highest BCUT2D eigenvalue weighted by Crippen LogP contribution is 2.24. The molecular weight excluding hydrogens is 232 g/mol. The summed E-state index contributed by atoms with van der Waals surface area (Å²) in [6.45, 7) is 1.14. The summed E-state index contributed by atoms with van der Waals surface area (Å²) in [5, 5.41) is 0. The first kappa shape index (κ1) is 11.0.